The van der Waals surface area contributed by atoms with Crippen LogP contribution < -0.4 is 15.0 Å². The van der Waals surface area contributed by atoms with E-state index in [1.807, 2.05) is 0 Å². The van der Waals surface area contributed by atoms with Crippen molar-refractivity contribution in [1.82, 2.24) is 9.62 Å². The van der Waals surface area contributed by atoms with Crippen LogP contribution in [0.5, 0.6) is 5.75 Å². The highest BCUT2D eigenvalue weighted by Crippen LogP contribution is 2.35. The lowest BCUT2D eigenvalue weighted by Gasteiger charge is -2.35. The van der Waals surface area contributed by atoms with Gasteiger partial charge in [0.2, 0.25) is 15.9 Å². The number of anilines is 1. The fourth-order valence-electron chi connectivity index (χ4n) is 4.63. The smallest absolute Gasteiger partial charge is 0.265 e. The third-order valence-electron chi connectivity index (χ3n) is 6.84. The van der Waals surface area contributed by atoms with Gasteiger partial charge in [-0.2, -0.15) is 4.31 Å². The molecule has 1 N–H and O–H groups in total. The van der Waals surface area contributed by atoms with E-state index in [0.29, 0.717) is 36.5 Å². The van der Waals surface area contributed by atoms with Crippen molar-refractivity contribution < 1.29 is 27.5 Å². The van der Waals surface area contributed by atoms with Gasteiger partial charge in [-0.25, -0.2) is 8.42 Å². The first-order valence-electron chi connectivity index (χ1n) is 11.2. The average molecular weight is 466 g/mol. The molecule has 1 aliphatic carbocycles. The summed E-state index contributed by atoms with van der Waals surface area (Å²) in [5.74, 6) is 0.661. The lowest BCUT2D eigenvalue weighted by atomic mass is 9.78. The summed E-state index contributed by atoms with van der Waals surface area (Å²) in [6, 6.07) is 4.53. The zero-order chi connectivity index (χ0) is 22.9. The van der Waals surface area contributed by atoms with Gasteiger partial charge in [0.15, 0.2) is 6.61 Å². The predicted molar refractivity (Wildman–Crippen MR) is 118 cm³/mol. The van der Waals surface area contributed by atoms with E-state index in [2.05, 4.69) is 19.2 Å². The number of nitrogens with zero attached hydrogens (tertiary/aromatic N) is 2. The molecule has 1 aromatic rings. The van der Waals surface area contributed by atoms with Crippen LogP contribution in [0.1, 0.15) is 33.1 Å². The quantitative estimate of drug-likeness (QED) is 0.704. The van der Waals surface area contributed by atoms with Gasteiger partial charge < -0.3 is 14.8 Å². The molecule has 1 saturated carbocycles. The normalized spacial score (nSPS) is 26.9. The van der Waals surface area contributed by atoms with E-state index in [4.69, 9.17) is 9.47 Å². The van der Waals surface area contributed by atoms with Crippen LogP contribution in [-0.4, -0.2) is 70.0 Å². The predicted octanol–water partition coefficient (Wildman–Crippen LogP) is 1.37. The summed E-state index contributed by atoms with van der Waals surface area (Å²) in [5.41, 5.74) is 0.302. The number of nitrogens with one attached hydrogen (secondary N) is 1. The van der Waals surface area contributed by atoms with Crippen LogP contribution in [0.15, 0.2) is 23.1 Å². The first kappa shape index (κ1) is 23.0. The summed E-state index contributed by atoms with van der Waals surface area (Å²) < 4.78 is 38.2. The lowest BCUT2D eigenvalue weighted by Crippen LogP contribution is -2.50. The molecule has 176 valence electrons. The van der Waals surface area contributed by atoms with Gasteiger partial charge >= 0.3 is 0 Å². The Kier molecular flexibility index (Phi) is 6.73. The van der Waals surface area contributed by atoms with E-state index < -0.39 is 10.0 Å². The number of benzene rings is 1. The van der Waals surface area contributed by atoms with Gasteiger partial charge in [-0.15, -0.1) is 0 Å². The highest BCUT2D eigenvalue weighted by atomic mass is 32.2. The molecule has 0 spiro atoms. The van der Waals surface area contributed by atoms with Crippen LogP contribution in [0.3, 0.4) is 0 Å². The summed E-state index contributed by atoms with van der Waals surface area (Å²) in [4.78, 5) is 26.8. The third-order valence-corrected chi connectivity index (χ3v) is 8.73. The number of morpholine rings is 1. The second kappa shape index (κ2) is 9.36. The average Bonchev–Trinajstić information content (AvgIpc) is 2.79. The molecule has 2 heterocycles. The SMILES string of the molecule is C[C@@H]1[C@H](C)CCC[C@H]1NC(=O)CN1C(=O)COc2ccc(S(=O)(=O)N3CCOCC3)cc21. The highest BCUT2D eigenvalue weighted by Gasteiger charge is 2.33. The molecule has 2 amide bonds. The van der Waals surface area contributed by atoms with Gasteiger partial charge in [0.1, 0.15) is 12.3 Å². The molecular weight excluding hydrogens is 434 g/mol. The number of hydrogen-bond donors (Lipinski definition) is 1. The number of carbonyl (C=O) groups is 2. The largest absolute Gasteiger partial charge is 0.482 e. The molecule has 0 aromatic heterocycles. The van der Waals surface area contributed by atoms with E-state index in [1.165, 1.54) is 21.3 Å². The van der Waals surface area contributed by atoms with Crippen molar-refractivity contribution >= 4 is 27.5 Å². The van der Waals surface area contributed by atoms with E-state index in [1.54, 1.807) is 6.07 Å². The van der Waals surface area contributed by atoms with Crippen molar-refractivity contribution in [3.8, 4) is 5.75 Å². The Balaban J connectivity index is 1.54. The maximum atomic E-state index is 13.1. The van der Waals surface area contributed by atoms with Crippen molar-refractivity contribution in [3.63, 3.8) is 0 Å². The zero-order valence-electron chi connectivity index (χ0n) is 18.6. The van der Waals surface area contributed by atoms with Crippen LogP contribution in [0.25, 0.3) is 0 Å². The summed E-state index contributed by atoms with van der Waals surface area (Å²) >= 11 is 0. The van der Waals surface area contributed by atoms with Gasteiger partial charge in [-0.1, -0.05) is 26.7 Å². The van der Waals surface area contributed by atoms with E-state index in [9.17, 15) is 18.0 Å². The van der Waals surface area contributed by atoms with Crippen LogP contribution in [0.4, 0.5) is 5.69 Å². The third kappa shape index (κ3) is 4.62. The number of rotatable bonds is 5. The summed E-state index contributed by atoms with van der Waals surface area (Å²) in [6.07, 6.45) is 3.15. The summed E-state index contributed by atoms with van der Waals surface area (Å²) in [7, 11) is -3.74. The zero-order valence-corrected chi connectivity index (χ0v) is 19.4. The minimum Gasteiger partial charge on any atom is -0.482 e. The number of sulfonamides is 1. The molecule has 9 nitrogen and oxygen atoms in total. The first-order chi connectivity index (χ1) is 15.3. The Morgan fingerprint density at radius 3 is 2.69 bits per heavy atom. The Labute approximate surface area is 189 Å². The first-order valence-corrected chi connectivity index (χ1v) is 12.7. The van der Waals surface area contributed by atoms with Crippen molar-refractivity contribution in [3.05, 3.63) is 18.2 Å². The topological polar surface area (TPSA) is 105 Å². The van der Waals surface area contributed by atoms with Crippen LogP contribution in [0.2, 0.25) is 0 Å². The maximum Gasteiger partial charge on any atom is 0.265 e. The molecule has 32 heavy (non-hydrogen) atoms. The van der Waals surface area contributed by atoms with Gasteiger partial charge in [-0.3, -0.25) is 14.5 Å². The fourth-order valence-corrected chi connectivity index (χ4v) is 6.06. The summed E-state index contributed by atoms with van der Waals surface area (Å²) in [6.45, 7) is 5.22. The van der Waals surface area contributed by atoms with Crippen LogP contribution >= 0.6 is 0 Å². The molecular formula is C22H31N3O6S. The van der Waals surface area contributed by atoms with Crippen molar-refractivity contribution in [2.24, 2.45) is 11.8 Å². The molecule has 0 unspecified atom stereocenters. The Morgan fingerprint density at radius 1 is 1.19 bits per heavy atom. The minimum absolute atomic E-state index is 0.0663. The molecule has 4 rings (SSSR count). The van der Waals surface area contributed by atoms with Crippen molar-refractivity contribution in [1.29, 1.82) is 0 Å². The standard InChI is InChI=1S/C22H31N3O6S/c1-15-4-3-5-18(16(15)2)23-21(26)13-25-19-12-17(6-7-20(19)31-14-22(25)27)32(28,29)24-8-10-30-11-9-24/h6-7,12,15-16,18H,3-5,8-11,13-14H2,1-2H3,(H,23,26)/t15-,16-,18-/m1/s1. The molecule has 3 aliphatic rings. The van der Waals surface area contributed by atoms with Gasteiger partial charge in [0.25, 0.3) is 5.91 Å². The molecule has 0 bridgehead atoms. The number of hydrogen-bond acceptors (Lipinski definition) is 6. The van der Waals surface area contributed by atoms with Gasteiger partial charge in [-0.05, 0) is 36.5 Å². The van der Waals surface area contributed by atoms with Crippen molar-refractivity contribution in [2.75, 3.05) is 44.4 Å². The monoisotopic (exact) mass is 465 g/mol. The second-order valence-corrected chi connectivity index (χ2v) is 10.8. The minimum atomic E-state index is -3.74. The fraction of sp³-hybridized carbons (Fsp3) is 0.636. The van der Waals surface area contributed by atoms with E-state index in [-0.39, 0.29) is 49.0 Å². The summed E-state index contributed by atoms with van der Waals surface area (Å²) in [5, 5.41) is 3.08. The van der Waals surface area contributed by atoms with Crippen LogP contribution in [0, 0.1) is 11.8 Å². The van der Waals surface area contributed by atoms with E-state index >= 15 is 0 Å². The molecule has 1 aromatic carbocycles. The molecule has 0 radical (unpaired) electrons. The van der Waals surface area contributed by atoms with Gasteiger partial charge in [0, 0.05) is 19.1 Å². The number of carbonyl (C=O) groups excluding carboxylic acids is 2. The Morgan fingerprint density at radius 2 is 1.94 bits per heavy atom. The Hall–Kier alpha value is -2.17. The van der Waals surface area contributed by atoms with Crippen LogP contribution in [-0.2, 0) is 24.3 Å². The van der Waals surface area contributed by atoms with Gasteiger partial charge in [0.05, 0.1) is 23.8 Å². The Bertz CT molecular complexity index is 976. The molecule has 1 saturated heterocycles. The number of amides is 2. The number of ether oxygens (including phenoxy) is 2. The highest BCUT2D eigenvalue weighted by molar-refractivity contribution is 7.89. The van der Waals surface area contributed by atoms with Crippen molar-refractivity contribution in [2.45, 2.75) is 44.0 Å². The lowest BCUT2D eigenvalue weighted by molar-refractivity contribution is -0.126. The molecule has 10 heteroatoms. The second-order valence-electron chi connectivity index (χ2n) is 8.86. The molecule has 3 atom stereocenters. The van der Waals surface area contributed by atoms with E-state index in [0.717, 1.165) is 19.3 Å². The number of fused-ring (bicyclic) bond motifs is 1. The molecule has 2 aliphatic heterocycles. The maximum absolute atomic E-state index is 13.1. The molecule has 2 fully saturated rings.